The van der Waals surface area contributed by atoms with Crippen molar-refractivity contribution in [3.63, 3.8) is 0 Å². The van der Waals surface area contributed by atoms with Crippen molar-refractivity contribution in [2.24, 2.45) is 7.05 Å². The number of imide groups is 2. The number of sulfonamides is 1. The molecule has 6 aromatic rings. The zero-order valence-electron chi connectivity index (χ0n) is 40.8. The van der Waals surface area contributed by atoms with Crippen LogP contribution in [0.2, 0.25) is 0 Å². The Morgan fingerprint density at radius 1 is 0.945 bits per heavy atom. The van der Waals surface area contributed by atoms with E-state index in [-0.39, 0.29) is 66.6 Å². The van der Waals surface area contributed by atoms with E-state index in [0.29, 0.717) is 63.8 Å². The Balaban J connectivity index is 0.771. The first-order valence-electron chi connectivity index (χ1n) is 24.2. The van der Waals surface area contributed by atoms with E-state index in [0.717, 1.165) is 40.9 Å². The lowest BCUT2D eigenvalue weighted by Gasteiger charge is -2.34. The van der Waals surface area contributed by atoms with Gasteiger partial charge in [-0.3, -0.25) is 39.0 Å². The number of piperidine rings is 1. The van der Waals surface area contributed by atoms with E-state index in [2.05, 4.69) is 20.9 Å². The standard InChI is InChI=1S/C53H55N7O12S/c1-30-13-15-33(39(26-48(63)64)35-23-41-50(44(24-35)70-4)58(3)57-56-41)21-36(30)28-59-27-31(2)72-43-20-32(14-17-45(43)73(59,68)69)10-7-5-6-8-19-54-47(62)29-71-37-22-34-11-9-12-38-49(34)40(25-37)53(67)60(52(38)66)42-16-18-46(61)55-51(42)65/h9,11-15,17,20-25,31,39,42H,5-8,10,16,18-19,26-29H2,1-4H3,(H,54,62)(H,63,64)(H,55,61,65)/t31-,39+,42?/m1/s1. The van der Waals surface area contributed by atoms with Gasteiger partial charge in [-0.05, 0) is 115 Å². The molecule has 20 heteroatoms. The Morgan fingerprint density at radius 3 is 2.52 bits per heavy atom. The largest absolute Gasteiger partial charge is 0.494 e. The summed E-state index contributed by atoms with van der Waals surface area (Å²) in [5.41, 5.74) is 5.55. The molecule has 4 heterocycles. The van der Waals surface area contributed by atoms with Gasteiger partial charge >= 0.3 is 5.97 Å². The summed E-state index contributed by atoms with van der Waals surface area (Å²) in [5.74, 6) is -3.38. The highest BCUT2D eigenvalue weighted by Crippen LogP contribution is 2.39. The number of carboxylic acids is 1. The van der Waals surface area contributed by atoms with Crippen LogP contribution in [0.3, 0.4) is 0 Å². The molecule has 1 unspecified atom stereocenters. The third kappa shape index (κ3) is 10.3. The highest BCUT2D eigenvalue weighted by Gasteiger charge is 2.43. The number of aliphatic carboxylic acids is 1. The van der Waals surface area contributed by atoms with Gasteiger partial charge in [0.1, 0.15) is 45.3 Å². The van der Waals surface area contributed by atoms with E-state index in [1.54, 1.807) is 54.2 Å². The van der Waals surface area contributed by atoms with Crippen molar-refractivity contribution in [1.82, 2.24) is 34.8 Å². The van der Waals surface area contributed by atoms with Crippen LogP contribution in [-0.2, 0) is 49.2 Å². The van der Waals surface area contributed by atoms with E-state index < -0.39 is 57.7 Å². The molecule has 3 aliphatic rings. The molecule has 5 amide bonds. The van der Waals surface area contributed by atoms with Gasteiger partial charge in [-0.1, -0.05) is 54.5 Å². The number of ether oxygens (including phenoxy) is 3. The van der Waals surface area contributed by atoms with Gasteiger partial charge in [0.15, 0.2) is 6.61 Å². The molecule has 3 aliphatic heterocycles. The first-order chi connectivity index (χ1) is 35.0. The summed E-state index contributed by atoms with van der Waals surface area (Å²) in [7, 11) is -0.733. The summed E-state index contributed by atoms with van der Waals surface area (Å²) in [5, 5.41) is 24.4. The zero-order valence-corrected chi connectivity index (χ0v) is 41.6. The number of carbonyl (C=O) groups excluding carboxylic acids is 5. The van der Waals surface area contributed by atoms with Crippen LogP contribution >= 0.6 is 0 Å². The lowest BCUT2D eigenvalue weighted by atomic mass is 9.86. The van der Waals surface area contributed by atoms with E-state index in [4.69, 9.17) is 14.2 Å². The molecule has 9 rings (SSSR count). The summed E-state index contributed by atoms with van der Waals surface area (Å²) in [4.78, 5) is 77.6. The number of nitrogens with zero attached hydrogens (tertiary/aromatic N) is 5. The average molecular weight is 1010 g/mol. The molecule has 0 bridgehead atoms. The summed E-state index contributed by atoms with van der Waals surface area (Å²) in [6, 6.07) is 21.4. The molecule has 19 nitrogen and oxygen atoms in total. The summed E-state index contributed by atoms with van der Waals surface area (Å²) in [6.07, 6.45) is 3.23. The van der Waals surface area contributed by atoms with Crippen molar-refractivity contribution in [1.29, 1.82) is 0 Å². The molecule has 0 saturated carbocycles. The summed E-state index contributed by atoms with van der Waals surface area (Å²) >= 11 is 0. The second kappa shape index (κ2) is 20.8. The third-order valence-corrected chi connectivity index (χ3v) is 15.5. The van der Waals surface area contributed by atoms with Crippen LogP contribution in [0.5, 0.6) is 17.2 Å². The Morgan fingerprint density at radius 2 is 1.74 bits per heavy atom. The van der Waals surface area contributed by atoms with Gasteiger partial charge in [0.05, 0.1) is 25.6 Å². The summed E-state index contributed by atoms with van der Waals surface area (Å²) in [6.45, 7) is 3.97. The minimum absolute atomic E-state index is 0.00441. The van der Waals surface area contributed by atoms with Gasteiger partial charge in [-0.25, -0.2) is 13.1 Å². The second-order valence-corrected chi connectivity index (χ2v) is 20.7. The number of rotatable bonds is 18. The predicted molar refractivity (Wildman–Crippen MR) is 266 cm³/mol. The van der Waals surface area contributed by atoms with E-state index >= 15 is 0 Å². The number of hydrogen-bond donors (Lipinski definition) is 3. The minimum atomic E-state index is -4.02. The van der Waals surface area contributed by atoms with Crippen LogP contribution in [0.4, 0.5) is 0 Å². The Labute approximate surface area is 420 Å². The van der Waals surface area contributed by atoms with Crippen molar-refractivity contribution in [2.45, 2.75) is 94.7 Å². The molecule has 0 radical (unpaired) electrons. The van der Waals surface area contributed by atoms with Gasteiger partial charge in [0, 0.05) is 43.4 Å². The first kappa shape index (κ1) is 50.2. The van der Waals surface area contributed by atoms with E-state index in [9.17, 15) is 42.3 Å². The lowest BCUT2D eigenvalue weighted by Crippen LogP contribution is -2.57. The van der Waals surface area contributed by atoms with Crippen LogP contribution in [0, 0.1) is 6.92 Å². The normalized spacial score (nSPS) is 17.9. The number of carboxylic acid groups (broad SMARTS) is 1. The molecule has 1 aromatic heterocycles. The molecule has 5 aromatic carbocycles. The van der Waals surface area contributed by atoms with Gasteiger partial charge in [-0.15, -0.1) is 5.10 Å². The van der Waals surface area contributed by atoms with E-state index in [1.807, 2.05) is 44.2 Å². The smallest absolute Gasteiger partial charge is 0.304 e. The van der Waals surface area contributed by atoms with Crippen LogP contribution in [0.25, 0.3) is 21.8 Å². The van der Waals surface area contributed by atoms with Gasteiger partial charge in [0.2, 0.25) is 21.8 Å². The quantitative estimate of drug-likeness (QED) is 0.0689. The SMILES string of the molecule is COc1cc([C@@H](CC(=O)O)c2ccc(C)c(CN3C[C@@H](C)Oc4cc(CCCCCCNC(=O)COc5cc6c7c(cccc7c5)C(=O)N(C5CCC(=O)NC5=O)C6=O)ccc4S3(=O)=O)c2)cc2nnn(C)c12. The first-order valence-corrected chi connectivity index (χ1v) is 25.6. The van der Waals surface area contributed by atoms with Crippen molar-refractivity contribution >= 4 is 67.3 Å². The van der Waals surface area contributed by atoms with Gasteiger partial charge in [0.25, 0.3) is 17.7 Å². The fourth-order valence-electron chi connectivity index (χ4n) is 9.97. The second-order valence-electron chi connectivity index (χ2n) is 18.8. The molecule has 73 heavy (non-hydrogen) atoms. The number of amides is 5. The number of aromatic nitrogens is 3. The van der Waals surface area contributed by atoms with Crippen LogP contribution in [0.1, 0.15) is 106 Å². The number of unbranched alkanes of at least 4 members (excludes halogenated alkanes) is 3. The minimum Gasteiger partial charge on any atom is -0.494 e. The number of benzene rings is 5. The number of carbonyl (C=O) groups is 6. The highest BCUT2D eigenvalue weighted by atomic mass is 32.2. The van der Waals surface area contributed by atoms with Crippen molar-refractivity contribution in [3.8, 4) is 17.2 Å². The van der Waals surface area contributed by atoms with Gasteiger partial charge in [-0.2, -0.15) is 4.31 Å². The molecule has 0 spiro atoms. The molecule has 1 fully saturated rings. The molecule has 380 valence electrons. The number of methoxy groups -OCH3 is 1. The zero-order chi connectivity index (χ0) is 51.7. The molecule has 0 aliphatic carbocycles. The molecule has 3 atom stereocenters. The molecule has 1 saturated heterocycles. The molecule has 3 N–H and O–H groups in total. The Bertz CT molecular complexity index is 3340. The summed E-state index contributed by atoms with van der Waals surface area (Å²) < 4.78 is 49.4. The van der Waals surface area contributed by atoms with Crippen LogP contribution < -0.4 is 24.8 Å². The lowest BCUT2D eigenvalue weighted by molar-refractivity contribution is -0.138. The Hall–Kier alpha value is -7.71. The fraction of sp³-hybridized carbons (Fsp3) is 0.358. The fourth-order valence-corrected chi connectivity index (χ4v) is 11.6. The monoisotopic (exact) mass is 1010 g/mol. The number of nitrogens with one attached hydrogen (secondary N) is 2. The molecular weight excluding hydrogens is 959 g/mol. The van der Waals surface area contributed by atoms with Crippen molar-refractivity contribution < 1.29 is 56.5 Å². The topological polar surface area (TPSA) is 246 Å². The number of hydrogen-bond acceptors (Lipinski definition) is 13. The number of fused-ring (bicyclic) bond motifs is 2. The third-order valence-electron chi connectivity index (χ3n) is 13.7. The predicted octanol–water partition coefficient (Wildman–Crippen LogP) is 5.72. The molecular formula is C53H55N7O12S. The Kier molecular flexibility index (Phi) is 14.3. The maximum Gasteiger partial charge on any atom is 0.304 e. The van der Waals surface area contributed by atoms with Crippen molar-refractivity contribution in [3.05, 3.63) is 118 Å². The van der Waals surface area contributed by atoms with Crippen LogP contribution in [-0.4, -0.2) is 112 Å². The number of aryl methyl sites for hydroxylation is 3. The highest BCUT2D eigenvalue weighted by molar-refractivity contribution is 7.89. The average Bonchev–Trinajstić information content (AvgIpc) is 3.70. The maximum absolute atomic E-state index is 14.3. The maximum atomic E-state index is 14.3. The van der Waals surface area contributed by atoms with E-state index in [1.165, 1.54) is 17.5 Å². The van der Waals surface area contributed by atoms with Crippen LogP contribution in [0.15, 0.2) is 83.8 Å². The van der Waals surface area contributed by atoms with Crippen molar-refractivity contribution in [2.75, 3.05) is 26.8 Å². The van der Waals surface area contributed by atoms with Gasteiger partial charge < -0.3 is 24.6 Å².